The molecule has 0 aliphatic carbocycles. The van der Waals surface area contributed by atoms with E-state index in [1.165, 1.54) is 6.07 Å². The van der Waals surface area contributed by atoms with Gasteiger partial charge in [0, 0.05) is 52.2 Å². The van der Waals surface area contributed by atoms with Crippen LogP contribution < -0.4 is 10.1 Å². The first kappa shape index (κ1) is 33.4. The maximum absolute atomic E-state index is 14.2. The Morgan fingerprint density at radius 1 is 1.13 bits per heavy atom. The van der Waals surface area contributed by atoms with E-state index in [0.717, 1.165) is 31.7 Å². The standard InChI is InChI=1S/C31H51F2NO5/c1-21(2)24(18-23-8-11-28(31(5,32)33)29(19-23)39-15-7-14-37-6)9-10-26(35)20-27(22(3)4)30(36)34-25-12-16-38-17-13-25/h8,11,19,21-22,24-27,35H,7,9-10,12-18,20H2,1-6H3,(H,34,36)/t24?,26-,27+/m1/s1. The Balaban J connectivity index is 2.00. The Morgan fingerprint density at radius 2 is 1.82 bits per heavy atom. The van der Waals surface area contributed by atoms with Crippen LogP contribution in [0, 0.1) is 23.7 Å². The lowest BCUT2D eigenvalue weighted by molar-refractivity contribution is -0.129. The molecule has 6 nitrogen and oxygen atoms in total. The van der Waals surface area contributed by atoms with Crippen LogP contribution in [0.1, 0.15) is 84.3 Å². The summed E-state index contributed by atoms with van der Waals surface area (Å²) in [5.74, 6) is -2.30. The number of aliphatic hydroxyl groups excluding tert-OH is 1. The highest BCUT2D eigenvalue weighted by Crippen LogP contribution is 2.36. The van der Waals surface area contributed by atoms with Crippen molar-refractivity contribution in [3.05, 3.63) is 29.3 Å². The average molecular weight is 556 g/mol. The molecule has 1 heterocycles. The lowest BCUT2D eigenvalue weighted by Crippen LogP contribution is -2.44. The van der Waals surface area contributed by atoms with Gasteiger partial charge in [-0.3, -0.25) is 4.79 Å². The molecule has 1 aliphatic rings. The van der Waals surface area contributed by atoms with E-state index < -0.39 is 12.0 Å². The topological polar surface area (TPSA) is 77.0 Å². The first-order valence-corrected chi connectivity index (χ1v) is 14.6. The van der Waals surface area contributed by atoms with Gasteiger partial charge in [-0.15, -0.1) is 0 Å². The summed E-state index contributed by atoms with van der Waals surface area (Å²) in [4.78, 5) is 13.0. The number of ether oxygens (including phenoxy) is 3. The molecule has 0 spiro atoms. The summed E-state index contributed by atoms with van der Waals surface area (Å²) in [7, 11) is 1.60. The van der Waals surface area contributed by atoms with Gasteiger partial charge in [0.25, 0.3) is 5.92 Å². The number of methoxy groups -OCH3 is 1. The number of carbonyl (C=O) groups is 1. The fourth-order valence-corrected chi connectivity index (χ4v) is 5.18. The maximum Gasteiger partial charge on any atom is 0.274 e. The lowest BCUT2D eigenvalue weighted by atomic mass is 9.82. The zero-order chi connectivity index (χ0) is 29.0. The molecule has 0 aromatic heterocycles. The van der Waals surface area contributed by atoms with Crippen LogP contribution >= 0.6 is 0 Å². The van der Waals surface area contributed by atoms with Crippen molar-refractivity contribution in [2.24, 2.45) is 23.7 Å². The Labute approximate surface area is 234 Å². The molecule has 8 heteroatoms. The Kier molecular flexibility index (Phi) is 14.1. The normalized spacial score (nSPS) is 17.3. The van der Waals surface area contributed by atoms with E-state index in [2.05, 4.69) is 19.2 Å². The second kappa shape index (κ2) is 16.5. The van der Waals surface area contributed by atoms with E-state index in [1.807, 2.05) is 13.8 Å². The quantitative estimate of drug-likeness (QED) is 0.226. The van der Waals surface area contributed by atoms with Crippen molar-refractivity contribution in [3.63, 3.8) is 0 Å². The Bertz CT molecular complexity index is 852. The van der Waals surface area contributed by atoms with E-state index in [-0.39, 0.29) is 41.0 Å². The molecule has 0 bridgehead atoms. The smallest absolute Gasteiger partial charge is 0.274 e. The van der Waals surface area contributed by atoms with Gasteiger partial charge in [-0.2, -0.15) is 0 Å². The molecule has 1 unspecified atom stereocenters. The molecule has 1 amide bonds. The molecular formula is C31H51F2NO5. The predicted molar refractivity (Wildman–Crippen MR) is 150 cm³/mol. The van der Waals surface area contributed by atoms with Crippen LogP contribution in [-0.2, 0) is 26.6 Å². The number of rotatable bonds is 17. The van der Waals surface area contributed by atoms with E-state index in [4.69, 9.17) is 14.2 Å². The predicted octanol–water partition coefficient (Wildman–Crippen LogP) is 6.13. The number of hydrogen-bond acceptors (Lipinski definition) is 5. The SMILES string of the molecule is COCCCOc1cc(CC(CC[C@@H](O)C[C@H](C(=O)NC2CCOCC2)C(C)C)C(C)C)ccc1C(C)(F)F. The number of carbonyl (C=O) groups excluding carboxylic acids is 1. The summed E-state index contributed by atoms with van der Waals surface area (Å²) >= 11 is 0. The van der Waals surface area contributed by atoms with Gasteiger partial charge in [-0.05, 0) is 74.0 Å². The highest BCUT2D eigenvalue weighted by Gasteiger charge is 2.30. The van der Waals surface area contributed by atoms with Crippen LogP contribution in [0.5, 0.6) is 5.75 Å². The van der Waals surface area contributed by atoms with E-state index in [0.29, 0.717) is 58.0 Å². The average Bonchev–Trinajstić information content (AvgIpc) is 2.87. The van der Waals surface area contributed by atoms with Crippen molar-refractivity contribution in [2.75, 3.05) is 33.5 Å². The molecule has 1 saturated heterocycles. The van der Waals surface area contributed by atoms with Crippen molar-refractivity contribution in [2.45, 2.75) is 97.6 Å². The highest BCUT2D eigenvalue weighted by atomic mass is 19.3. The van der Waals surface area contributed by atoms with Crippen LogP contribution in [0.25, 0.3) is 0 Å². The summed E-state index contributed by atoms with van der Waals surface area (Å²) in [6.45, 7) is 11.4. The highest BCUT2D eigenvalue weighted by molar-refractivity contribution is 5.79. The van der Waals surface area contributed by atoms with Gasteiger partial charge in [0.15, 0.2) is 0 Å². The van der Waals surface area contributed by atoms with Crippen LogP contribution in [0.4, 0.5) is 8.78 Å². The molecule has 2 rings (SSSR count). The van der Waals surface area contributed by atoms with Gasteiger partial charge >= 0.3 is 0 Å². The Hall–Kier alpha value is -1.77. The molecule has 1 fully saturated rings. The molecule has 2 N–H and O–H groups in total. The van der Waals surface area contributed by atoms with Crippen molar-refractivity contribution in [3.8, 4) is 5.75 Å². The minimum absolute atomic E-state index is 0.0159. The number of halogens is 2. The van der Waals surface area contributed by atoms with Gasteiger partial charge < -0.3 is 24.6 Å². The van der Waals surface area contributed by atoms with Crippen molar-refractivity contribution in [1.29, 1.82) is 0 Å². The molecule has 1 aromatic carbocycles. The first-order chi connectivity index (χ1) is 18.4. The number of nitrogens with one attached hydrogen (secondary N) is 1. The fourth-order valence-electron chi connectivity index (χ4n) is 5.18. The summed E-state index contributed by atoms with van der Waals surface area (Å²) < 4.78 is 44.6. The van der Waals surface area contributed by atoms with Crippen molar-refractivity contribution in [1.82, 2.24) is 5.32 Å². The monoisotopic (exact) mass is 555 g/mol. The zero-order valence-corrected chi connectivity index (χ0v) is 24.8. The summed E-state index contributed by atoms with van der Waals surface area (Å²) in [5.41, 5.74) is 0.827. The largest absolute Gasteiger partial charge is 0.493 e. The minimum atomic E-state index is -3.00. The third-order valence-corrected chi connectivity index (χ3v) is 7.82. The van der Waals surface area contributed by atoms with Crippen molar-refractivity contribution >= 4 is 5.91 Å². The van der Waals surface area contributed by atoms with Gasteiger partial charge in [0.2, 0.25) is 5.91 Å². The van der Waals surface area contributed by atoms with Crippen LogP contribution in [0.2, 0.25) is 0 Å². The van der Waals surface area contributed by atoms with Gasteiger partial charge in [0.05, 0.1) is 18.3 Å². The molecule has 1 aliphatic heterocycles. The van der Waals surface area contributed by atoms with Gasteiger partial charge in [-0.1, -0.05) is 33.8 Å². The molecule has 224 valence electrons. The summed E-state index contributed by atoms with van der Waals surface area (Å²) in [6, 6.07) is 5.11. The van der Waals surface area contributed by atoms with Crippen LogP contribution in [0.15, 0.2) is 18.2 Å². The molecule has 0 radical (unpaired) electrons. The molecule has 3 atom stereocenters. The summed E-state index contributed by atoms with van der Waals surface area (Å²) in [5, 5.41) is 14.1. The third-order valence-electron chi connectivity index (χ3n) is 7.82. The number of benzene rings is 1. The second-order valence-corrected chi connectivity index (χ2v) is 11.8. The number of amides is 1. The third kappa shape index (κ3) is 11.7. The molecular weight excluding hydrogens is 504 g/mol. The van der Waals surface area contributed by atoms with E-state index in [1.54, 1.807) is 19.2 Å². The van der Waals surface area contributed by atoms with Gasteiger partial charge in [-0.25, -0.2) is 8.78 Å². The van der Waals surface area contributed by atoms with Crippen molar-refractivity contribution < 1.29 is 32.9 Å². The molecule has 1 aromatic rings. The van der Waals surface area contributed by atoms with Crippen LogP contribution in [0.3, 0.4) is 0 Å². The maximum atomic E-state index is 14.2. The zero-order valence-electron chi connectivity index (χ0n) is 24.8. The number of hydrogen-bond donors (Lipinski definition) is 2. The second-order valence-electron chi connectivity index (χ2n) is 11.8. The molecule has 0 saturated carbocycles. The van der Waals surface area contributed by atoms with E-state index in [9.17, 15) is 18.7 Å². The van der Waals surface area contributed by atoms with E-state index >= 15 is 0 Å². The number of alkyl halides is 2. The van der Waals surface area contributed by atoms with Gasteiger partial charge in [0.1, 0.15) is 5.75 Å². The fraction of sp³-hybridized carbons (Fsp3) is 0.774. The first-order valence-electron chi connectivity index (χ1n) is 14.6. The minimum Gasteiger partial charge on any atom is -0.493 e. The van der Waals surface area contributed by atoms with Crippen LogP contribution in [-0.4, -0.2) is 56.7 Å². The number of aliphatic hydroxyl groups is 1. The summed E-state index contributed by atoms with van der Waals surface area (Å²) in [6.07, 6.45) is 4.18. The molecule has 39 heavy (non-hydrogen) atoms. The Morgan fingerprint density at radius 3 is 2.41 bits per heavy atom. The lowest BCUT2D eigenvalue weighted by Gasteiger charge is -2.29.